The molecule has 1 unspecified atom stereocenters. The molecule has 0 aliphatic heterocycles. The molecule has 1 aromatic rings. The van der Waals surface area contributed by atoms with Crippen LogP contribution in [0.5, 0.6) is 0 Å². The monoisotopic (exact) mass is 343 g/mol. The molecule has 8 heteroatoms. The number of alkyl halides is 1. The zero-order valence-corrected chi connectivity index (χ0v) is 14.2. The number of nitrogens with one attached hydrogen (secondary N) is 3. The van der Waals surface area contributed by atoms with Crippen LogP contribution in [0.25, 0.3) is 0 Å². The highest BCUT2D eigenvalue weighted by molar-refractivity contribution is 6.18. The first-order valence-electron chi connectivity index (χ1n) is 7.21. The zero-order valence-electron chi connectivity index (χ0n) is 13.4. The average Bonchev–Trinajstić information content (AvgIpc) is 2.50. The third-order valence-electron chi connectivity index (χ3n) is 2.97. The summed E-state index contributed by atoms with van der Waals surface area (Å²) in [6.45, 7) is 5.76. The molecule has 0 saturated heterocycles. The van der Waals surface area contributed by atoms with Gasteiger partial charge in [-0.15, -0.1) is 11.6 Å². The summed E-state index contributed by atoms with van der Waals surface area (Å²) in [6, 6.07) is 3.63. The molecule has 2 amide bonds. The molecule has 0 aliphatic carbocycles. The number of hydrogen-bond acceptors (Lipinski definition) is 5. The van der Waals surface area contributed by atoms with Gasteiger partial charge in [0.25, 0.3) is 5.91 Å². The van der Waals surface area contributed by atoms with Crippen LogP contribution in [0.2, 0.25) is 0 Å². The maximum atomic E-state index is 12.3. The lowest BCUT2D eigenvalue weighted by atomic mass is 10.0. The number of aryl methyl sites for hydroxylation is 2. The quantitative estimate of drug-likeness (QED) is 0.465. The Labute approximate surface area is 140 Å². The third kappa shape index (κ3) is 5.96. The number of hydrazine groups is 1. The number of carbonyl (C=O) groups is 2. The minimum Gasteiger partial charge on any atom is -0.449 e. The van der Waals surface area contributed by atoms with Crippen LogP contribution in [-0.2, 0) is 4.74 Å². The maximum absolute atomic E-state index is 12.3. The van der Waals surface area contributed by atoms with Gasteiger partial charge in [-0.25, -0.2) is 10.2 Å². The molecule has 0 heterocycles. The van der Waals surface area contributed by atoms with E-state index in [1.807, 2.05) is 13.0 Å². The number of amides is 2. The zero-order chi connectivity index (χ0) is 17.4. The molecule has 0 spiro atoms. The number of aliphatic hydroxyl groups is 1. The van der Waals surface area contributed by atoms with Crippen molar-refractivity contribution in [1.29, 1.82) is 0 Å². The number of benzene rings is 1. The molecule has 23 heavy (non-hydrogen) atoms. The van der Waals surface area contributed by atoms with Crippen molar-refractivity contribution in [1.82, 2.24) is 10.9 Å². The minimum atomic E-state index is -0.738. The lowest BCUT2D eigenvalue weighted by molar-refractivity contribution is 0.0912. The Morgan fingerprint density at radius 1 is 1.30 bits per heavy atom. The van der Waals surface area contributed by atoms with E-state index in [0.717, 1.165) is 11.1 Å². The van der Waals surface area contributed by atoms with Gasteiger partial charge in [0, 0.05) is 12.2 Å². The summed E-state index contributed by atoms with van der Waals surface area (Å²) in [5.41, 5.74) is 7.07. The Bertz CT molecular complexity index is 566. The molecule has 0 bridgehead atoms. The third-order valence-corrected chi connectivity index (χ3v) is 3.32. The van der Waals surface area contributed by atoms with Crippen molar-refractivity contribution in [3.63, 3.8) is 0 Å². The Hall–Kier alpha value is -1.99. The summed E-state index contributed by atoms with van der Waals surface area (Å²) in [5, 5.41) is 12.6. The lowest BCUT2D eigenvalue weighted by Crippen LogP contribution is -2.42. The molecule has 1 aromatic carbocycles. The van der Waals surface area contributed by atoms with E-state index >= 15 is 0 Å². The second-order valence-electron chi connectivity index (χ2n) is 4.99. The average molecular weight is 344 g/mol. The molecule has 4 N–H and O–H groups in total. The second kappa shape index (κ2) is 9.22. The van der Waals surface area contributed by atoms with Crippen LogP contribution in [-0.4, -0.2) is 42.2 Å². The number of ether oxygens (including phenoxy) is 1. The number of rotatable bonds is 6. The predicted molar refractivity (Wildman–Crippen MR) is 88.8 cm³/mol. The van der Waals surface area contributed by atoms with Gasteiger partial charge in [-0.1, -0.05) is 6.07 Å². The van der Waals surface area contributed by atoms with Gasteiger partial charge in [0.05, 0.1) is 24.2 Å². The van der Waals surface area contributed by atoms with Crippen LogP contribution in [0.15, 0.2) is 12.1 Å². The summed E-state index contributed by atoms with van der Waals surface area (Å²) in [4.78, 5) is 23.6. The summed E-state index contributed by atoms with van der Waals surface area (Å²) in [6.07, 6.45) is -1.47. The minimum absolute atomic E-state index is 0.0870. The van der Waals surface area contributed by atoms with E-state index < -0.39 is 18.1 Å². The molecule has 0 aliphatic rings. The van der Waals surface area contributed by atoms with Crippen molar-refractivity contribution < 1.29 is 19.4 Å². The molecule has 1 atom stereocenters. The van der Waals surface area contributed by atoms with E-state index in [1.165, 1.54) is 0 Å². The Kier molecular flexibility index (Phi) is 7.64. The van der Waals surface area contributed by atoms with Crippen molar-refractivity contribution in [3.05, 3.63) is 28.8 Å². The molecule has 0 fully saturated rings. The van der Waals surface area contributed by atoms with Gasteiger partial charge in [-0.05, 0) is 38.0 Å². The van der Waals surface area contributed by atoms with E-state index in [-0.39, 0.29) is 19.0 Å². The first kappa shape index (κ1) is 19.1. The van der Waals surface area contributed by atoms with Crippen molar-refractivity contribution in [2.24, 2.45) is 0 Å². The summed E-state index contributed by atoms with van der Waals surface area (Å²) in [5.74, 6) is -0.401. The fourth-order valence-electron chi connectivity index (χ4n) is 2.03. The molecule has 0 saturated carbocycles. The topological polar surface area (TPSA) is 99.7 Å². The second-order valence-corrected chi connectivity index (χ2v) is 5.30. The van der Waals surface area contributed by atoms with Crippen LogP contribution in [0, 0.1) is 13.8 Å². The van der Waals surface area contributed by atoms with Crippen LogP contribution in [0.4, 0.5) is 10.5 Å². The molecule has 0 aromatic heterocycles. The largest absolute Gasteiger partial charge is 0.449 e. The van der Waals surface area contributed by atoms with E-state index in [4.69, 9.17) is 11.6 Å². The Morgan fingerprint density at radius 3 is 2.61 bits per heavy atom. The van der Waals surface area contributed by atoms with Crippen molar-refractivity contribution in [2.45, 2.75) is 26.9 Å². The highest BCUT2D eigenvalue weighted by Gasteiger charge is 2.17. The number of aliphatic hydroxyl groups excluding tert-OH is 1. The lowest BCUT2D eigenvalue weighted by Gasteiger charge is -2.17. The van der Waals surface area contributed by atoms with Crippen molar-refractivity contribution >= 4 is 29.3 Å². The number of halogens is 1. The highest BCUT2D eigenvalue weighted by Crippen LogP contribution is 2.22. The summed E-state index contributed by atoms with van der Waals surface area (Å²) in [7, 11) is 0. The van der Waals surface area contributed by atoms with E-state index in [2.05, 4.69) is 20.9 Å². The van der Waals surface area contributed by atoms with E-state index in [9.17, 15) is 14.7 Å². The van der Waals surface area contributed by atoms with Gasteiger partial charge in [0.15, 0.2) is 0 Å². The number of carbonyl (C=O) groups excluding carboxylic acids is 2. The Balaban J connectivity index is 2.90. The predicted octanol–water partition coefficient (Wildman–Crippen LogP) is 1.71. The first-order valence-corrected chi connectivity index (χ1v) is 7.74. The van der Waals surface area contributed by atoms with E-state index in [0.29, 0.717) is 11.3 Å². The normalized spacial score (nSPS) is 11.5. The van der Waals surface area contributed by atoms with Gasteiger partial charge in [0.2, 0.25) is 0 Å². The van der Waals surface area contributed by atoms with Gasteiger partial charge in [-0.2, -0.15) is 0 Å². The first-order chi connectivity index (χ1) is 10.9. The van der Waals surface area contributed by atoms with Crippen molar-refractivity contribution in [3.8, 4) is 0 Å². The van der Waals surface area contributed by atoms with E-state index in [1.54, 1.807) is 19.9 Å². The SMILES string of the molecule is CCOC(=O)NNC(=O)c1c(C)cc(C)cc1NCC(O)CCl. The van der Waals surface area contributed by atoms with Crippen molar-refractivity contribution in [2.75, 3.05) is 24.3 Å². The van der Waals surface area contributed by atoms with Gasteiger partial charge in [0.1, 0.15) is 0 Å². The fraction of sp³-hybridized carbons (Fsp3) is 0.467. The maximum Gasteiger partial charge on any atom is 0.426 e. The molecule has 128 valence electrons. The van der Waals surface area contributed by atoms with Gasteiger partial charge in [-0.3, -0.25) is 10.2 Å². The molecule has 1 rings (SSSR count). The Morgan fingerprint density at radius 2 is 2.00 bits per heavy atom. The number of anilines is 1. The van der Waals surface area contributed by atoms with Gasteiger partial charge < -0.3 is 15.2 Å². The van der Waals surface area contributed by atoms with Crippen LogP contribution in [0.3, 0.4) is 0 Å². The van der Waals surface area contributed by atoms with Crippen LogP contribution >= 0.6 is 11.6 Å². The molecular weight excluding hydrogens is 322 g/mol. The van der Waals surface area contributed by atoms with Crippen LogP contribution in [0.1, 0.15) is 28.4 Å². The van der Waals surface area contributed by atoms with Crippen LogP contribution < -0.4 is 16.2 Å². The molecule has 0 radical (unpaired) electrons. The molecule has 7 nitrogen and oxygen atoms in total. The molecular formula is C15H22ClN3O4. The standard InChI is InChI=1S/C15H22ClN3O4/c1-4-23-15(22)19-18-14(21)13-10(3)5-9(2)6-12(13)17-8-11(20)7-16/h5-6,11,17,20H,4,7-8H2,1-3H3,(H,18,21)(H,19,22). The van der Waals surface area contributed by atoms with Gasteiger partial charge >= 0.3 is 6.09 Å². The number of hydrogen-bond donors (Lipinski definition) is 4. The fourth-order valence-corrected chi connectivity index (χ4v) is 2.14. The summed E-state index contributed by atoms with van der Waals surface area (Å²) >= 11 is 5.57. The smallest absolute Gasteiger partial charge is 0.426 e. The summed E-state index contributed by atoms with van der Waals surface area (Å²) < 4.78 is 4.67. The highest BCUT2D eigenvalue weighted by atomic mass is 35.5.